The molecule has 0 bridgehead atoms. The minimum atomic E-state index is -0.847. The summed E-state index contributed by atoms with van der Waals surface area (Å²) in [4.78, 5) is 22.4. The van der Waals surface area contributed by atoms with E-state index in [0.717, 1.165) is 10.0 Å². The van der Waals surface area contributed by atoms with Crippen molar-refractivity contribution in [1.29, 1.82) is 0 Å². The third kappa shape index (κ3) is 5.61. The molecule has 5 nitrogen and oxygen atoms in total. The molecule has 1 aromatic rings. The summed E-state index contributed by atoms with van der Waals surface area (Å²) in [5.74, 6) is -0.903. The van der Waals surface area contributed by atoms with Crippen molar-refractivity contribution in [3.05, 3.63) is 28.2 Å². The number of nitrogens with one attached hydrogen (secondary N) is 2. The van der Waals surface area contributed by atoms with Gasteiger partial charge in [0.15, 0.2) is 0 Å². The lowest BCUT2D eigenvalue weighted by Gasteiger charge is -2.14. The molecule has 0 aromatic heterocycles. The molecule has 1 rings (SSSR count). The SMILES string of the molecule is CCC(CNC(=O)Nc1ccc(C)cc1Br)CC(=O)O. The number of amides is 2. The van der Waals surface area contributed by atoms with Gasteiger partial charge >= 0.3 is 12.0 Å². The largest absolute Gasteiger partial charge is 0.481 e. The topological polar surface area (TPSA) is 78.4 Å². The molecule has 0 fully saturated rings. The van der Waals surface area contributed by atoms with Crippen LogP contribution in [0.4, 0.5) is 10.5 Å². The standard InChI is InChI=1S/C14H19BrN2O3/c1-3-10(7-13(18)19)8-16-14(20)17-12-5-4-9(2)6-11(12)15/h4-6,10H,3,7-8H2,1-2H3,(H,18,19)(H2,16,17,20). The van der Waals surface area contributed by atoms with Crippen LogP contribution in [0.15, 0.2) is 22.7 Å². The number of aryl methyl sites for hydroxylation is 1. The predicted molar refractivity (Wildman–Crippen MR) is 81.9 cm³/mol. The Bertz CT molecular complexity index is 491. The quantitative estimate of drug-likeness (QED) is 0.741. The zero-order valence-electron chi connectivity index (χ0n) is 11.6. The number of carboxylic acids is 1. The molecule has 0 aliphatic heterocycles. The van der Waals surface area contributed by atoms with Crippen LogP contribution < -0.4 is 10.6 Å². The zero-order chi connectivity index (χ0) is 15.1. The fourth-order valence-electron chi connectivity index (χ4n) is 1.73. The van der Waals surface area contributed by atoms with E-state index in [2.05, 4.69) is 26.6 Å². The second-order valence-corrected chi connectivity index (χ2v) is 5.54. The lowest BCUT2D eigenvalue weighted by molar-refractivity contribution is -0.138. The maximum Gasteiger partial charge on any atom is 0.319 e. The van der Waals surface area contributed by atoms with E-state index < -0.39 is 5.97 Å². The van der Waals surface area contributed by atoms with Crippen LogP contribution in [0.1, 0.15) is 25.3 Å². The van der Waals surface area contributed by atoms with E-state index in [-0.39, 0.29) is 18.4 Å². The first-order chi connectivity index (χ1) is 9.42. The van der Waals surface area contributed by atoms with Crippen molar-refractivity contribution in [2.45, 2.75) is 26.7 Å². The molecule has 110 valence electrons. The second kappa shape index (κ2) is 7.89. The lowest BCUT2D eigenvalue weighted by Crippen LogP contribution is -2.33. The summed E-state index contributed by atoms with van der Waals surface area (Å²) in [6.07, 6.45) is 0.770. The van der Waals surface area contributed by atoms with Gasteiger partial charge in [-0.1, -0.05) is 19.4 Å². The number of carboxylic acid groups (broad SMARTS) is 1. The molecule has 0 saturated heterocycles. The minimum Gasteiger partial charge on any atom is -0.481 e. The van der Waals surface area contributed by atoms with Gasteiger partial charge in [-0.2, -0.15) is 0 Å². The molecule has 0 aliphatic rings. The maximum atomic E-state index is 11.8. The van der Waals surface area contributed by atoms with E-state index in [1.807, 2.05) is 32.0 Å². The Morgan fingerprint density at radius 2 is 2.10 bits per heavy atom. The Labute approximate surface area is 126 Å². The van der Waals surface area contributed by atoms with E-state index in [9.17, 15) is 9.59 Å². The van der Waals surface area contributed by atoms with E-state index >= 15 is 0 Å². The van der Waals surface area contributed by atoms with Gasteiger partial charge in [0.2, 0.25) is 0 Å². The molecule has 1 aromatic carbocycles. The van der Waals surface area contributed by atoms with Crippen LogP contribution in [-0.2, 0) is 4.79 Å². The second-order valence-electron chi connectivity index (χ2n) is 4.69. The molecule has 3 N–H and O–H groups in total. The Balaban J connectivity index is 2.49. The Morgan fingerprint density at radius 1 is 1.40 bits per heavy atom. The summed E-state index contributed by atoms with van der Waals surface area (Å²) in [5.41, 5.74) is 1.77. The molecule has 0 aliphatic carbocycles. The van der Waals surface area contributed by atoms with E-state index in [0.29, 0.717) is 18.7 Å². The smallest absolute Gasteiger partial charge is 0.319 e. The number of benzene rings is 1. The third-order valence-corrected chi connectivity index (χ3v) is 3.62. The van der Waals surface area contributed by atoms with Gasteiger partial charge in [-0.25, -0.2) is 4.79 Å². The Kier molecular flexibility index (Phi) is 6.51. The van der Waals surface area contributed by atoms with Crippen molar-refractivity contribution in [1.82, 2.24) is 5.32 Å². The Morgan fingerprint density at radius 3 is 2.65 bits per heavy atom. The predicted octanol–water partition coefficient (Wildman–Crippen LogP) is 3.38. The highest BCUT2D eigenvalue weighted by Gasteiger charge is 2.13. The summed E-state index contributed by atoms with van der Waals surface area (Å²) in [6, 6.07) is 5.29. The summed E-state index contributed by atoms with van der Waals surface area (Å²) in [7, 11) is 0. The zero-order valence-corrected chi connectivity index (χ0v) is 13.2. The highest BCUT2D eigenvalue weighted by molar-refractivity contribution is 9.10. The molecule has 0 spiro atoms. The van der Waals surface area contributed by atoms with Crippen LogP contribution in [0, 0.1) is 12.8 Å². The highest BCUT2D eigenvalue weighted by Crippen LogP contribution is 2.23. The molecule has 0 saturated carbocycles. The van der Waals surface area contributed by atoms with E-state index in [4.69, 9.17) is 5.11 Å². The minimum absolute atomic E-state index is 0.0558. The third-order valence-electron chi connectivity index (χ3n) is 2.96. The molecule has 0 heterocycles. The normalized spacial score (nSPS) is 11.8. The van der Waals surface area contributed by atoms with Crippen LogP contribution in [0.25, 0.3) is 0 Å². The van der Waals surface area contributed by atoms with Gasteiger partial charge in [0.1, 0.15) is 0 Å². The Hall–Kier alpha value is -1.56. The van der Waals surface area contributed by atoms with Gasteiger partial charge in [-0.15, -0.1) is 0 Å². The number of hydrogen-bond acceptors (Lipinski definition) is 2. The van der Waals surface area contributed by atoms with Crippen molar-refractivity contribution < 1.29 is 14.7 Å². The fraction of sp³-hybridized carbons (Fsp3) is 0.429. The van der Waals surface area contributed by atoms with Gasteiger partial charge in [-0.05, 0) is 46.5 Å². The monoisotopic (exact) mass is 342 g/mol. The summed E-state index contributed by atoms with van der Waals surface area (Å²) >= 11 is 3.38. The van der Waals surface area contributed by atoms with Crippen LogP contribution in [0.5, 0.6) is 0 Å². The number of aliphatic carboxylic acids is 1. The number of halogens is 1. The van der Waals surface area contributed by atoms with E-state index in [1.165, 1.54) is 0 Å². The van der Waals surface area contributed by atoms with Crippen molar-refractivity contribution >= 4 is 33.6 Å². The first-order valence-corrected chi connectivity index (χ1v) is 7.24. The van der Waals surface area contributed by atoms with Crippen molar-refractivity contribution in [2.24, 2.45) is 5.92 Å². The van der Waals surface area contributed by atoms with Gasteiger partial charge in [0.05, 0.1) is 5.69 Å². The van der Waals surface area contributed by atoms with Crippen molar-refractivity contribution in [3.63, 3.8) is 0 Å². The molecule has 20 heavy (non-hydrogen) atoms. The average molecular weight is 343 g/mol. The molecule has 0 radical (unpaired) electrons. The molecule has 2 amide bonds. The number of rotatable bonds is 6. The van der Waals surface area contributed by atoms with Crippen LogP contribution in [0.2, 0.25) is 0 Å². The van der Waals surface area contributed by atoms with Gasteiger partial charge < -0.3 is 15.7 Å². The highest BCUT2D eigenvalue weighted by atomic mass is 79.9. The number of carbonyl (C=O) groups excluding carboxylic acids is 1. The van der Waals surface area contributed by atoms with Crippen molar-refractivity contribution in [2.75, 3.05) is 11.9 Å². The number of urea groups is 1. The molecule has 6 heteroatoms. The van der Waals surface area contributed by atoms with Gasteiger partial charge in [0.25, 0.3) is 0 Å². The maximum absolute atomic E-state index is 11.8. The van der Waals surface area contributed by atoms with Gasteiger partial charge in [-0.3, -0.25) is 4.79 Å². The summed E-state index contributed by atoms with van der Waals surface area (Å²) < 4.78 is 0.810. The van der Waals surface area contributed by atoms with E-state index in [1.54, 1.807) is 0 Å². The van der Waals surface area contributed by atoms with Gasteiger partial charge in [0, 0.05) is 17.4 Å². The summed E-state index contributed by atoms with van der Waals surface area (Å²) in [5, 5.41) is 14.2. The molecular weight excluding hydrogens is 324 g/mol. The molecular formula is C14H19BrN2O3. The van der Waals surface area contributed by atoms with Crippen LogP contribution in [-0.4, -0.2) is 23.7 Å². The molecule has 1 unspecified atom stereocenters. The lowest BCUT2D eigenvalue weighted by atomic mass is 10.0. The number of hydrogen-bond donors (Lipinski definition) is 3. The first kappa shape index (κ1) is 16.5. The number of carbonyl (C=O) groups is 2. The number of anilines is 1. The van der Waals surface area contributed by atoms with Crippen molar-refractivity contribution in [3.8, 4) is 0 Å². The molecule has 1 atom stereocenters. The average Bonchev–Trinajstić information content (AvgIpc) is 2.37. The first-order valence-electron chi connectivity index (χ1n) is 6.45. The van der Waals surface area contributed by atoms with Crippen LogP contribution >= 0.6 is 15.9 Å². The fourth-order valence-corrected chi connectivity index (χ4v) is 2.33. The van der Waals surface area contributed by atoms with Crippen LogP contribution in [0.3, 0.4) is 0 Å². The summed E-state index contributed by atoms with van der Waals surface area (Å²) in [6.45, 7) is 4.22.